The number of carbonyl (C=O) groups excluding carboxylic acids is 1. The van der Waals surface area contributed by atoms with E-state index in [-0.39, 0.29) is 12.5 Å². The molecular formula is C16H20F3N5O3. The molecule has 1 aromatic rings. The van der Waals surface area contributed by atoms with Gasteiger partial charge in [-0.15, -0.1) is 0 Å². The van der Waals surface area contributed by atoms with Crippen LogP contribution in [0.1, 0.15) is 11.1 Å². The van der Waals surface area contributed by atoms with Crippen LogP contribution in [0.3, 0.4) is 0 Å². The van der Waals surface area contributed by atoms with Crippen molar-refractivity contribution in [1.29, 1.82) is 0 Å². The maximum atomic E-state index is 12.8. The third-order valence-electron chi connectivity index (χ3n) is 4.83. The van der Waals surface area contributed by atoms with Crippen molar-refractivity contribution in [2.45, 2.75) is 24.8 Å². The molecule has 11 heteroatoms. The molecule has 0 radical (unpaired) electrons. The van der Waals surface area contributed by atoms with E-state index in [4.69, 9.17) is 0 Å². The zero-order valence-corrected chi connectivity index (χ0v) is 14.4. The average Bonchev–Trinajstić information content (AvgIpc) is 3.11. The molecule has 2 N–H and O–H groups in total. The highest BCUT2D eigenvalue weighted by atomic mass is 19.4. The SMILES string of the molecule is O=C(C1NNCC1[N+](=O)[O-])N1CCN(Cc2cccc(C(F)(F)F)c2)CC1. The zero-order valence-electron chi connectivity index (χ0n) is 14.4. The van der Waals surface area contributed by atoms with E-state index >= 15 is 0 Å². The molecule has 2 heterocycles. The molecule has 2 aliphatic heterocycles. The van der Waals surface area contributed by atoms with Crippen molar-refractivity contribution < 1.29 is 22.9 Å². The first-order valence-corrected chi connectivity index (χ1v) is 8.55. The summed E-state index contributed by atoms with van der Waals surface area (Å²) in [6.07, 6.45) is -4.38. The number of benzene rings is 1. The minimum atomic E-state index is -4.38. The van der Waals surface area contributed by atoms with Gasteiger partial charge in [-0.2, -0.15) is 13.2 Å². The molecule has 0 aliphatic carbocycles. The monoisotopic (exact) mass is 387 g/mol. The van der Waals surface area contributed by atoms with Gasteiger partial charge in [-0.1, -0.05) is 18.2 Å². The van der Waals surface area contributed by atoms with Gasteiger partial charge < -0.3 is 4.90 Å². The molecule has 0 saturated carbocycles. The predicted octanol–water partition coefficient (Wildman–Crippen LogP) is 0.471. The Hall–Kier alpha value is -2.24. The summed E-state index contributed by atoms with van der Waals surface area (Å²) < 4.78 is 38.4. The van der Waals surface area contributed by atoms with E-state index in [2.05, 4.69) is 10.9 Å². The Labute approximate surface area is 153 Å². The number of amides is 1. The van der Waals surface area contributed by atoms with Gasteiger partial charge in [-0.25, -0.2) is 10.9 Å². The van der Waals surface area contributed by atoms with Crippen molar-refractivity contribution in [3.8, 4) is 0 Å². The molecule has 27 heavy (non-hydrogen) atoms. The Kier molecular flexibility index (Phi) is 5.63. The number of hydrogen-bond donors (Lipinski definition) is 2. The summed E-state index contributed by atoms with van der Waals surface area (Å²) in [6.45, 7) is 2.17. The fraction of sp³-hybridized carbons (Fsp3) is 0.562. The normalized spacial score (nSPS) is 24.2. The van der Waals surface area contributed by atoms with E-state index in [9.17, 15) is 28.1 Å². The van der Waals surface area contributed by atoms with E-state index in [0.29, 0.717) is 38.3 Å². The summed E-state index contributed by atoms with van der Waals surface area (Å²) in [5, 5.41) is 11.0. The second-order valence-corrected chi connectivity index (χ2v) is 6.66. The number of alkyl halides is 3. The molecule has 0 spiro atoms. The lowest BCUT2D eigenvalue weighted by Crippen LogP contribution is -2.56. The number of halogens is 3. The third kappa shape index (κ3) is 4.54. The summed E-state index contributed by atoms with van der Waals surface area (Å²) >= 11 is 0. The van der Waals surface area contributed by atoms with Crippen LogP contribution in [0.2, 0.25) is 0 Å². The fourth-order valence-electron chi connectivity index (χ4n) is 3.34. The molecule has 148 valence electrons. The van der Waals surface area contributed by atoms with Crippen LogP contribution >= 0.6 is 0 Å². The summed E-state index contributed by atoms with van der Waals surface area (Å²) in [5.41, 5.74) is 5.17. The predicted molar refractivity (Wildman–Crippen MR) is 89.0 cm³/mol. The number of nitrogens with zero attached hydrogens (tertiary/aromatic N) is 3. The molecule has 0 bridgehead atoms. The van der Waals surface area contributed by atoms with Crippen molar-refractivity contribution >= 4 is 5.91 Å². The van der Waals surface area contributed by atoms with Crippen LogP contribution in [0, 0.1) is 10.1 Å². The lowest BCUT2D eigenvalue weighted by molar-refractivity contribution is -0.517. The van der Waals surface area contributed by atoms with Crippen LogP contribution in [-0.2, 0) is 17.5 Å². The largest absolute Gasteiger partial charge is 0.416 e. The molecule has 8 nitrogen and oxygen atoms in total. The van der Waals surface area contributed by atoms with Crippen LogP contribution in [0.25, 0.3) is 0 Å². The van der Waals surface area contributed by atoms with Gasteiger partial charge in [-0.3, -0.25) is 19.8 Å². The Balaban J connectivity index is 1.55. The number of nitro groups is 1. The van der Waals surface area contributed by atoms with Crippen LogP contribution in [0.4, 0.5) is 13.2 Å². The Morgan fingerprint density at radius 2 is 1.96 bits per heavy atom. The number of carbonyl (C=O) groups is 1. The van der Waals surface area contributed by atoms with Gasteiger partial charge in [0.05, 0.1) is 12.1 Å². The van der Waals surface area contributed by atoms with Gasteiger partial charge >= 0.3 is 6.18 Å². The van der Waals surface area contributed by atoms with Crippen LogP contribution in [-0.4, -0.2) is 65.4 Å². The van der Waals surface area contributed by atoms with E-state index in [1.54, 1.807) is 11.0 Å². The quantitative estimate of drug-likeness (QED) is 0.577. The number of hydrogen-bond acceptors (Lipinski definition) is 6. The number of hydrazine groups is 1. The highest BCUT2D eigenvalue weighted by Crippen LogP contribution is 2.29. The maximum Gasteiger partial charge on any atom is 0.416 e. The molecule has 2 fully saturated rings. The fourth-order valence-corrected chi connectivity index (χ4v) is 3.34. The first kappa shape index (κ1) is 19.5. The minimum absolute atomic E-state index is 0.0823. The van der Waals surface area contributed by atoms with Crippen molar-refractivity contribution in [2.75, 3.05) is 32.7 Å². The molecule has 3 rings (SSSR count). The summed E-state index contributed by atoms with van der Waals surface area (Å²) in [5.74, 6) is -0.333. The first-order valence-electron chi connectivity index (χ1n) is 8.55. The van der Waals surface area contributed by atoms with Gasteiger partial charge in [0.15, 0.2) is 6.04 Å². The Bertz CT molecular complexity index is 707. The summed E-state index contributed by atoms with van der Waals surface area (Å²) in [6, 6.07) is 3.27. The second-order valence-electron chi connectivity index (χ2n) is 6.66. The molecule has 1 amide bonds. The van der Waals surface area contributed by atoms with Gasteiger partial charge in [-0.05, 0) is 11.6 Å². The topological polar surface area (TPSA) is 90.7 Å². The van der Waals surface area contributed by atoms with Crippen LogP contribution in [0.15, 0.2) is 24.3 Å². The molecule has 2 aliphatic rings. The standard InChI is InChI=1S/C16H20F3N5O3/c17-16(18,19)12-3-1-2-11(8-12)10-22-4-6-23(7-5-22)15(25)14-13(24(26)27)9-20-21-14/h1-3,8,13-14,20-21H,4-7,9-10H2. The van der Waals surface area contributed by atoms with E-state index in [1.165, 1.54) is 6.07 Å². The molecule has 0 aromatic heterocycles. The van der Waals surface area contributed by atoms with Crippen LogP contribution in [0.5, 0.6) is 0 Å². The smallest absolute Gasteiger partial charge is 0.338 e. The molecular weight excluding hydrogens is 367 g/mol. The summed E-state index contributed by atoms with van der Waals surface area (Å²) in [4.78, 5) is 26.6. The Morgan fingerprint density at radius 3 is 2.59 bits per heavy atom. The number of rotatable bonds is 4. The molecule has 2 saturated heterocycles. The lowest BCUT2D eigenvalue weighted by Gasteiger charge is -2.36. The van der Waals surface area contributed by atoms with E-state index < -0.39 is 28.7 Å². The molecule has 1 aromatic carbocycles. The van der Waals surface area contributed by atoms with Crippen molar-refractivity contribution in [3.63, 3.8) is 0 Å². The summed E-state index contributed by atoms with van der Waals surface area (Å²) in [7, 11) is 0. The van der Waals surface area contributed by atoms with Gasteiger partial charge in [0, 0.05) is 37.6 Å². The number of nitrogens with one attached hydrogen (secondary N) is 2. The highest BCUT2D eigenvalue weighted by molar-refractivity contribution is 5.83. The van der Waals surface area contributed by atoms with E-state index in [0.717, 1.165) is 12.1 Å². The maximum absolute atomic E-state index is 12.8. The van der Waals surface area contributed by atoms with Crippen molar-refractivity contribution in [1.82, 2.24) is 20.7 Å². The third-order valence-corrected chi connectivity index (χ3v) is 4.83. The van der Waals surface area contributed by atoms with Crippen molar-refractivity contribution in [3.05, 3.63) is 45.5 Å². The minimum Gasteiger partial charge on any atom is -0.338 e. The number of piperazine rings is 1. The molecule has 2 unspecified atom stereocenters. The first-order chi connectivity index (χ1) is 12.8. The van der Waals surface area contributed by atoms with Gasteiger partial charge in [0.25, 0.3) is 6.04 Å². The van der Waals surface area contributed by atoms with E-state index in [1.807, 2.05) is 4.90 Å². The van der Waals surface area contributed by atoms with Gasteiger partial charge in [0.2, 0.25) is 5.91 Å². The average molecular weight is 387 g/mol. The van der Waals surface area contributed by atoms with Crippen LogP contribution < -0.4 is 10.9 Å². The Morgan fingerprint density at radius 1 is 1.26 bits per heavy atom. The van der Waals surface area contributed by atoms with Crippen molar-refractivity contribution in [2.24, 2.45) is 0 Å². The zero-order chi connectivity index (χ0) is 19.6. The molecule has 2 atom stereocenters. The highest BCUT2D eigenvalue weighted by Gasteiger charge is 2.43. The lowest BCUT2D eigenvalue weighted by atomic mass is 10.1. The second kappa shape index (κ2) is 7.79. The van der Waals surface area contributed by atoms with Gasteiger partial charge in [0.1, 0.15) is 0 Å².